The van der Waals surface area contributed by atoms with Crippen molar-refractivity contribution in [2.45, 2.75) is 108 Å². The quantitative estimate of drug-likeness (QED) is 0.0444. The maximum Gasteiger partial charge on any atom is 0.475 e. The summed E-state index contributed by atoms with van der Waals surface area (Å²) in [6, 6.07) is 10.4. The number of amides is 2. The van der Waals surface area contributed by atoms with E-state index in [0.717, 1.165) is 0 Å². The number of phosphoric acid groups is 1. The summed E-state index contributed by atoms with van der Waals surface area (Å²) in [7, 11) is -11.5. The van der Waals surface area contributed by atoms with Gasteiger partial charge in [-0.15, -0.1) is 0 Å². The summed E-state index contributed by atoms with van der Waals surface area (Å²) in [5.41, 5.74) is -2.03. The molecule has 70 heavy (non-hydrogen) atoms. The fourth-order valence-electron chi connectivity index (χ4n) is 7.82. The molecule has 3 aliphatic rings. The van der Waals surface area contributed by atoms with Gasteiger partial charge in [0.05, 0.1) is 51.6 Å². The minimum atomic E-state index is -5.00. The Kier molecular flexibility index (Phi) is 14.7. The first-order valence-electron chi connectivity index (χ1n) is 22.1. The Morgan fingerprint density at radius 2 is 1.77 bits per heavy atom. The fraction of sp³-hybridized carbons (Fsp3) is 0.537. The number of hydrogen-bond donors (Lipinski definition) is 5. The number of carbonyl (C=O) groups excluding carboxylic acids is 2. The normalized spacial score (nSPS) is 25.9. The highest BCUT2D eigenvalue weighted by molar-refractivity contribution is 7.48. The van der Waals surface area contributed by atoms with Crippen LogP contribution in [0, 0.1) is 17.2 Å². The third-order valence-corrected chi connectivity index (χ3v) is 18.8. The van der Waals surface area contributed by atoms with E-state index in [4.69, 9.17) is 36.7 Å². The van der Waals surface area contributed by atoms with Crippen LogP contribution in [-0.2, 0) is 50.7 Å². The van der Waals surface area contributed by atoms with Gasteiger partial charge in [0.15, 0.2) is 48.9 Å². The standard InChI is InChI=1S/C41H53N11O15P2Si/c1-22(2)34(54)49-39-48-33-26(36(56)50-39)46-21-52(33)37-28(27(24(16-53)63-37)67-70(6,7)40(3,4)5)66-69(59,61-15-11-14-42)62-18-41-17-60-29(30(41)65-68(57)58)38(64-41)51-20-45-25-31(43-19-44-32(25)51)47-35(55)23-12-9-8-10-13-23/h8-10,12-13,19-22,24,27-30,37-38,53,68H,11,15-18H2,1-7H3,(H,57,58)(H,43,44,47,55)(H2,48,49,50,54,56)/t24-,27-,28-,29-,30+,37-,38-,41-,69?/m1/s1. The molecule has 2 amide bonds. The zero-order valence-corrected chi connectivity index (χ0v) is 41.9. The molecular formula is C41H53N11O15P2Si. The van der Waals surface area contributed by atoms with Crippen LogP contribution in [0.4, 0.5) is 11.8 Å². The smallest absolute Gasteiger partial charge is 0.408 e. The third kappa shape index (κ3) is 10.1. The van der Waals surface area contributed by atoms with Crippen molar-refractivity contribution in [2.24, 2.45) is 5.92 Å². The van der Waals surface area contributed by atoms with Crippen LogP contribution in [0.5, 0.6) is 0 Å². The lowest BCUT2D eigenvalue weighted by Crippen LogP contribution is -2.50. The van der Waals surface area contributed by atoms with Crippen molar-refractivity contribution in [1.29, 1.82) is 5.26 Å². The van der Waals surface area contributed by atoms with Gasteiger partial charge in [-0.05, 0) is 30.3 Å². The highest BCUT2D eigenvalue weighted by Crippen LogP contribution is 2.58. The first kappa shape index (κ1) is 51.2. The van der Waals surface area contributed by atoms with Crippen LogP contribution in [0.25, 0.3) is 22.3 Å². The molecule has 8 rings (SSSR count). The molecule has 3 saturated heterocycles. The minimum absolute atomic E-state index is 0.0821. The maximum atomic E-state index is 15.3. The lowest BCUT2D eigenvalue weighted by Gasteiger charge is -2.40. The summed E-state index contributed by atoms with van der Waals surface area (Å²) in [6.07, 6.45) is -5.41. The minimum Gasteiger partial charge on any atom is -0.408 e. The maximum absolute atomic E-state index is 15.3. The Balaban J connectivity index is 1.14. The number of nitrogens with zero attached hydrogens (tertiary/aromatic N) is 8. The van der Waals surface area contributed by atoms with Gasteiger partial charge in [-0.2, -0.15) is 10.2 Å². The Bertz CT molecular complexity index is 2930. The predicted molar refractivity (Wildman–Crippen MR) is 248 cm³/mol. The molecule has 29 heteroatoms. The molecule has 26 nitrogen and oxygen atoms in total. The summed E-state index contributed by atoms with van der Waals surface area (Å²) in [4.78, 5) is 73.4. The molecule has 0 aliphatic carbocycles. The van der Waals surface area contributed by atoms with E-state index >= 15 is 4.57 Å². The van der Waals surface area contributed by atoms with E-state index in [1.165, 1.54) is 28.1 Å². The van der Waals surface area contributed by atoms with Crippen molar-refractivity contribution in [3.8, 4) is 6.07 Å². The van der Waals surface area contributed by atoms with E-state index in [1.54, 1.807) is 44.2 Å². The van der Waals surface area contributed by atoms with E-state index in [2.05, 4.69) is 40.5 Å². The second-order valence-corrected chi connectivity index (χ2v) is 25.7. The number of aliphatic hydroxyl groups is 1. The van der Waals surface area contributed by atoms with Crippen molar-refractivity contribution >= 4 is 70.3 Å². The molecule has 3 aliphatic heterocycles. The second kappa shape index (κ2) is 20.1. The number of ether oxygens (including phenoxy) is 3. The molecule has 5 N–H and O–H groups in total. The van der Waals surface area contributed by atoms with Gasteiger partial charge in [0, 0.05) is 11.5 Å². The Hall–Kier alpha value is -5.17. The number of rotatable bonds is 19. The first-order valence-corrected chi connectivity index (χ1v) is 27.7. The van der Waals surface area contributed by atoms with Crippen LogP contribution in [-0.4, -0.2) is 132 Å². The summed E-state index contributed by atoms with van der Waals surface area (Å²) in [6.45, 7) is 11.0. The number of anilines is 2. The molecule has 2 bridgehead atoms. The second-order valence-electron chi connectivity index (χ2n) is 18.5. The van der Waals surface area contributed by atoms with Gasteiger partial charge < -0.3 is 38.5 Å². The molecule has 0 radical (unpaired) electrons. The lowest BCUT2D eigenvalue weighted by atomic mass is 10.0. The van der Waals surface area contributed by atoms with Gasteiger partial charge in [-0.25, -0.2) is 24.5 Å². The van der Waals surface area contributed by atoms with Gasteiger partial charge in [0.1, 0.15) is 42.4 Å². The largest absolute Gasteiger partial charge is 0.475 e. The molecular weight excluding hydrogens is 977 g/mol. The number of nitriles is 1. The topological polar surface area (TPSA) is 338 Å². The van der Waals surface area contributed by atoms with Gasteiger partial charge in [-0.3, -0.25) is 52.0 Å². The molecule has 0 spiro atoms. The van der Waals surface area contributed by atoms with E-state index < -0.39 is 121 Å². The van der Waals surface area contributed by atoms with Gasteiger partial charge in [0.25, 0.3) is 11.5 Å². The Labute approximate surface area is 401 Å². The number of fused-ring (bicyclic) bond motifs is 4. The zero-order valence-electron chi connectivity index (χ0n) is 39.0. The Morgan fingerprint density at radius 3 is 2.44 bits per heavy atom. The van der Waals surface area contributed by atoms with Crippen LogP contribution in [0.15, 0.2) is 54.1 Å². The number of benzene rings is 1. The fourth-order valence-corrected chi connectivity index (χ4v) is 11.1. The van der Waals surface area contributed by atoms with Crippen molar-refractivity contribution in [2.75, 3.05) is 37.1 Å². The number of aliphatic hydroxyl groups excluding tert-OH is 1. The molecule has 4 aromatic heterocycles. The highest BCUT2D eigenvalue weighted by atomic mass is 31.2. The number of aromatic nitrogens is 8. The Morgan fingerprint density at radius 1 is 1.06 bits per heavy atom. The van der Waals surface area contributed by atoms with Crippen LogP contribution in [0.1, 0.15) is 63.9 Å². The van der Waals surface area contributed by atoms with E-state index in [1.807, 2.05) is 39.9 Å². The first-order chi connectivity index (χ1) is 33.2. The number of aromatic amines is 1. The molecule has 7 heterocycles. The number of H-pyrrole nitrogens is 1. The van der Waals surface area contributed by atoms with Gasteiger partial charge >= 0.3 is 16.1 Å². The number of carbonyl (C=O) groups is 2. The SMILES string of the molecule is CC(C)C(=O)Nc1nc2c(ncn2[C@@H]2O[C@H](CO)[C@@H](O[Si](C)(C)C(C)(C)C)[C@H]2OP(=O)(OCCC#N)OC[C@@]23CO[C@@H]([C@H](n4cnc5c(NC(=O)c6ccccc6)ncnc54)O2)[C@@H]3O[PH](=O)O)c(=O)[nH]1. The van der Waals surface area contributed by atoms with Crippen LogP contribution in [0.3, 0.4) is 0 Å². The lowest BCUT2D eigenvalue weighted by molar-refractivity contribution is -0.184. The molecule has 5 aromatic rings. The summed E-state index contributed by atoms with van der Waals surface area (Å²) < 4.78 is 80.3. The predicted octanol–water partition coefficient (Wildman–Crippen LogP) is 3.96. The molecule has 2 unspecified atom stereocenters. The summed E-state index contributed by atoms with van der Waals surface area (Å²) in [5, 5.41) is 25.2. The average Bonchev–Trinajstić information content (AvgIpc) is 4.13. The monoisotopic (exact) mass is 1030 g/mol. The van der Waals surface area contributed by atoms with E-state index in [0.29, 0.717) is 5.56 Å². The van der Waals surface area contributed by atoms with E-state index in [9.17, 15) is 34.2 Å². The molecule has 3 fully saturated rings. The molecule has 10 atom stereocenters. The van der Waals surface area contributed by atoms with Crippen molar-refractivity contribution < 1.29 is 65.5 Å². The van der Waals surface area contributed by atoms with Crippen molar-refractivity contribution in [3.05, 3.63) is 65.2 Å². The van der Waals surface area contributed by atoms with Gasteiger partial charge in [-0.1, -0.05) is 52.8 Å². The summed E-state index contributed by atoms with van der Waals surface area (Å²) in [5.74, 6) is -1.49. The number of hydrogen-bond acceptors (Lipinski definition) is 20. The third-order valence-electron chi connectivity index (χ3n) is 12.5. The summed E-state index contributed by atoms with van der Waals surface area (Å²) >= 11 is 0. The molecule has 376 valence electrons. The van der Waals surface area contributed by atoms with E-state index in [-0.39, 0.29) is 47.1 Å². The average molecular weight is 1030 g/mol. The number of imidazole rings is 2. The number of phosphoric ester groups is 1. The van der Waals surface area contributed by atoms with Gasteiger partial charge in [0.2, 0.25) is 11.9 Å². The van der Waals surface area contributed by atoms with Crippen LogP contribution >= 0.6 is 16.1 Å². The van der Waals surface area contributed by atoms with Crippen LogP contribution in [0.2, 0.25) is 18.1 Å². The molecule has 1 aromatic carbocycles. The molecule has 0 saturated carbocycles. The number of nitrogens with one attached hydrogen (secondary N) is 3. The van der Waals surface area contributed by atoms with Crippen molar-refractivity contribution in [3.63, 3.8) is 0 Å². The van der Waals surface area contributed by atoms with Crippen molar-refractivity contribution in [1.82, 2.24) is 39.0 Å². The highest BCUT2D eigenvalue weighted by Gasteiger charge is 2.65. The van der Waals surface area contributed by atoms with Crippen LogP contribution < -0.4 is 16.2 Å². The zero-order chi connectivity index (χ0) is 50.3.